The number of pyridine rings is 1. The van der Waals surface area contributed by atoms with Gasteiger partial charge in [0.05, 0.1) is 0 Å². The van der Waals surface area contributed by atoms with Gasteiger partial charge in [0.15, 0.2) is 0 Å². The SMILES string of the molecule is CNC1(c2ccccc2)CCN(c2ccn(CC3CC3)c(=O)c2)CC1. The Balaban J connectivity index is 1.48. The van der Waals surface area contributed by atoms with Crippen LogP contribution in [0.1, 0.15) is 31.2 Å². The predicted molar refractivity (Wildman–Crippen MR) is 102 cm³/mol. The molecule has 4 heteroatoms. The summed E-state index contributed by atoms with van der Waals surface area (Å²) in [6, 6.07) is 14.6. The van der Waals surface area contributed by atoms with Gasteiger partial charge in [0, 0.05) is 43.1 Å². The Bertz CT molecular complexity index is 771. The molecule has 2 aliphatic rings. The highest BCUT2D eigenvalue weighted by molar-refractivity contribution is 5.46. The third-order valence-corrected chi connectivity index (χ3v) is 5.92. The number of anilines is 1. The number of nitrogens with zero attached hydrogens (tertiary/aromatic N) is 2. The summed E-state index contributed by atoms with van der Waals surface area (Å²) in [5.74, 6) is 0.723. The van der Waals surface area contributed by atoms with Crippen LogP contribution >= 0.6 is 0 Å². The van der Waals surface area contributed by atoms with E-state index in [2.05, 4.69) is 53.7 Å². The van der Waals surface area contributed by atoms with Crippen LogP contribution in [0.15, 0.2) is 53.5 Å². The zero-order valence-electron chi connectivity index (χ0n) is 14.9. The van der Waals surface area contributed by atoms with E-state index in [0.29, 0.717) is 0 Å². The number of rotatable bonds is 5. The summed E-state index contributed by atoms with van der Waals surface area (Å²) in [7, 11) is 2.06. The number of piperidine rings is 1. The first-order valence-electron chi connectivity index (χ1n) is 9.40. The normalized spacial score (nSPS) is 19.8. The maximum Gasteiger partial charge on any atom is 0.252 e. The standard InChI is InChI=1S/C21H27N3O/c1-22-21(18-5-3-2-4-6-18)10-13-23(14-11-21)19-9-12-24(20(25)15-19)16-17-7-8-17/h2-6,9,12,15,17,22H,7-8,10-11,13-14,16H2,1H3. The van der Waals surface area contributed by atoms with Crippen molar-refractivity contribution < 1.29 is 0 Å². The second kappa shape index (κ2) is 6.68. The van der Waals surface area contributed by atoms with Gasteiger partial charge < -0.3 is 14.8 Å². The van der Waals surface area contributed by atoms with E-state index in [1.807, 2.05) is 16.8 Å². The van der Waals surface area contributed by atoms with Crippen LogP contribution in [0.3, 0.4) is 0 Å². The lowest BCUT2D eigenvalue weighted by Gasteiger charge is -2.43. The van der Waals surface area contributed by atoms with Crippen molar-refractivity contribution in [3.63, 3.8) is 0 Å². The molecule has 1 N–H and O–H groups in total. The second-order valence-corrected chi connectivity index (χ2v) is 7.50. The topological polar surface area (TPSA) is 37.3 Å². The summed E-state index contributed by atoms with van der Waals surface area (Å²) in [5, 5.41) is 3.56. The Hall–Kier alpha value is -2.07. The highest BCUT2D eigenvalue weighted by Crippen LogP contribution is 2.34. The molecule has 2 aromatic rings. The monoisotopic (exact) mass is 337 g/mol. The average molecular weight is 337 g/mol. The number of hydrogen-bond acceptors (Lipinski definition) is 3. The maximum absolute atomic E-state index is 12.4. The van der Waals surface area contributed by atoms with Crippen molar-refractivity contribution in [2.24, 2.45) is 5.92 Å². The zero-order valence-corrected chi connectivity index (χ0v) is 14.9. The third kappa shape index (κ3) is 3.36. The van der Waals surface area contributed by atoms with Crippen molar-refractivity contribution in [2.45, 2.75) is 37.8 Å². The van der Waals surface area contributed by atoms with E-state index in [1.54, 1.807) is 0 Å². The fourth-order valence-corrected chi connectivity index (χ4v) is 4.01. The highest BCUT2D eigenvalue weighted by atomic mass is 16.1. The lowest BCUT2D eigenvalue weighted by atomic mass is 9.81. The summed E-state index contributed by atoms with van der Waals surface area (Å²) in [5.41, 5.74) is 2.60. The molecule has 0 atom stereocenters. The van der Waals surface area contributed by atoms with E-state index in [-0.39, 0.29) is 11.1 Å². The highest BCUT2D eigenvalue weighted by Gasteiger charge is 2.34. The summed E-state index contributed by atoms with van der Waals surface area (Å²) >= 11 is 0. The Morgan fingerprint density at radius 1 is 1.12 bits per heavy atom. The molecule has 132 valence electrons. The van der Waals surface area contributed by atoms with Crippen molar-refractivity contribution in [1.82, 2.24) is 9.88 Å². The van der Waals surface area contributed by atoms with Crippen molar-refractivity contribution >= 4 is 5.69 Å². The number of aromatic nitrogens is 1. The molecule has 2 fully saturated rings. The smallest absolute Gasteiger partial charge is 0.252 e. The molecular weight excluding hydrogens is 310 g/mol. The number of nitrogens with one attached hydrogen (secondary N) is 1. The molecule has 25 heavy (non-hydrogen) atoms. The van der Waals surface area contributed by atoms with Gasteiger partial charge in [-0.3, -0.25) is 4.79 Å². The average Bonchev–Trinajstić information content (AvgIpc) is 3.48. The molecule has 4 nitrogen and oxygen atoms in total. The summed E-state index contributed by atoms with van der Waals surface area (Å²) < 4.78 is 1.87. The van der Waals surface area contributed by atoms with Crippen LogP contribution < -0.4 is 15.8 Å². The number of benzene rings is 1. The molecule has 0 amide bonds. The second-order valence-electron chi connectivity index (χ2n) is 7.50. The Kier molecular flexibility index (Phi) is 4.38. The molecule has 1 saturated carbocycles. The van der Waals surface area contributed by atoms with Gasteiger partial charge in [-0.25, -0.2) is 0 Å². The molecule has 1 aliphatic carbocycles. The fraction of sp³-hybridized carbons (Fsp3) is 0.476. The quantitative estimate of drug-likeness (QED) is 0.911. The van der Waals surface area contributed by atoms with Crippen LogP contribution in [-0.4, -0.2) is 24.7 Å². The molecule has 1 saturated heterocycles. The fourth-order valence-electron chi connectivity index (χ4n) is 4.01. The van der Waals surface area contributed by atoms with Gasteiger partial charge in [0.2, 0.25) is 0 Å². The van der Waals surface area contributed by atoms with Crippen LogP contribution in [0.5, 0.6) is 0 Å². The van der Waals surface area contributed by atoms with E-state index >= 15 is 0 Å². The molecular formula is C21H27N3O. The van der Waals surface area contributed by atoms with Gasteiger partial charge >= 0.3 is 0 Å². The van der Waals surface area contributed by atoms with E-state index in [4.69, 9.17) is 0 Å². The molecule has 0 unspecified atom stereocenters. The van der Waals surface area contributed by atoms with Gasteiger partial charge in [-0.2, -0.15) is 0 Å². The van der Waals surface area contributed by atoms with Crippen molar-refractivity contribution in [3.8, 4) is 0 Å². The Morgan fingerprint density at radius 2 is 1.84 bits per heavy atom. The largest absolute Gasteiger partial charge is 0.371 e. The van der Waals surface area contributed by atoms with Gasteiger partial charge in [0.25, 0.3) is 5.56 Å². The Labute approximate surface area is 149 Å². The maximum atomic E-state index is 12.4. The molecule has 0 spiro atoms. The third-order valence-electron chi connectivity index (χ3n) is 5.92. The minimum absolute atomic E-state index is 0.0404. The first-order valence-corrected chi connectivity index (χ1v) is 9.40. The van der Waals surface area contributed by atoms with E-state index in [1.165, 1.54) is 18.4 Å². The summed E-state index contributed by atoms with van der Waals surface area (Å²) in [6.07, 6.45) is 6.60. The van der Waals surface area contributed by atoms with Gasteiger partial charge in [-0.1, -0.05) is 30.3 Å². The lowest BCUT2D eigenvalue weighted by Crippen LogP contribution is -2.50. The number of hydrogen-bond donors (Lipinski definition) is 1. The van der Waals surface area contributed by atoms with Crippen molar-refractivity contribution in [1.29, 1.82) is 0 Å². The predicted octanol–water partition coefficient (Wildman–Crippen LogP) is 2.97. The van der Waals surface area contributed by atoms with E-state index < -0.39 is 0 Å². The van der Waals surface area contributed by atoms with Crippen LogP contribution in [0.25, 0.3) is 0 Å². The zero-order chi connectivity index (χ0) is 17.3. The summed E-state index contributed by atoms with van der Waals surface area (Å²) in [6.45, 7) is 2.81. The first kappa shape index (κ1) is 16.4. The van der Waals surface area contributed by atoms with E-state index in [9.17, 15) is 4.79 Å². The van der Waals surface area contributed by atoms with Crippen LogP contribution in [0.2, 0.25) is 0 Å². The molecule has 1 aliphatic heterocycles. The first-order chi connectivity index (χ1) is 12.2. The molecule has 2 heterocycles. The van der Waals surface area contributed by atoms with Crippen LogP contribution in [0.4, 0.5) is 5.69 Å². The van der Waals surface area contributed by atoms with Crippen molar-refractivity contribution in [3.05, 3.63) is 64.6 Å². The van der Waals surface area contributed by atoms with Gasteiger partial charge in [0.1, 0.15) is 0 Å². The Morgan fingerprint density at radius 3 is 2.44 bits per heavy atom. The van der Waals surface area contributed by atoms with E-state index in [0.717, 1.165) is 44.1 Å². The van der Waals surface area contributed by atoms with Crippen LogP contribution in [0, 0.1) is 5.92 Å². The molecule has 0 radical (unpaired) electrons. The molecule has 1 aromatic carbocycles. The van der Waals surface area contributed by atoms with Crippen molar-refractivity contribution in [2.75, 3.05) is 25.0 Å². The van der Waals surface area contributed by atoms with Crippen LogP contribution in [-0.2, 0) is 12.1 Å². The minimum Gasteiger partial charge on any atom is -0.371 e. The van der Waals surface area contributed by atoms with Gasteiger partial charge in [-0.15, -0.1) is 0 Å². The van der Waals surface area contributed by atoms with Gasteiger partial charge in [-0.05, 0) is 50.3 Å². The molecule has 1 aromatic heterocycles. The molecule has 4 rings (SSSR count). The summed E-state index contributed by atoms with van der Waals surface area (Å²) in [4.78, 5) is 14.7. The minimum atomic E-state index is 0.0404. The molecule has 0 bridgehead atoms. The lowest BCUT2D eigenvalue weighted by molar-refractivity contribution is 0.282.